The van der Waals surface area contributed by atoms with E-state index < -0.39 is 24.5 Å². The topological polar surface area (TPSA) is 142 Å². The molecule has 4 N–H and O–H groups in total. The number of aliphatic carboxylic acids is 1. The third-order valence-corrected chi connectivity index (χ3v) is 7.65. The highest BCUT2D eigenvalue weighted by Crippen LogP contribution is 2.17. The van der Waals surface area contributed by atoms with E-state index in [2.05, 4.69) is 60.9 Å². The highest BCUT2D eigenvalue weighted by Gasteiger charge is 2.19. The molecule has 0 bridgehead atoms. The van der Waals surface area contributed by atoms with E-state index in [4.69, 9.17) is 14.9 Å². The number of carboxylic acid groups (broad SMARTS) is 1. The van der Waals surface area contributed by atoms with Crippen LogP contribution in [0.15, 0.2) is 36.5 Å². The molecular formula is C37H64N2O7. The Labute approximate surface area is 278 Å². The van der Waals surface area contributed by atoms with E-state index in [0.29, 0.717) is 12.8 Å². The standard InChI is InChI=1S/C37H64N2O7/c1-3-5-7-9-10-11-12-13-14-15-16-17-18-19-25-29-36(43)46-32(26-22-8-6-4-2)27-23-20-21-24-28-34(41)38-30-35(42)39-33(31-40)37(44)45/h5,7,10-11,13-14,32-33,40H,3-4,6,8-9,12,15-31H2,1-2H3,(H,38,41)(H,39,42)(H,44,45)/b7-5-,11-10-,14-13-. The van der Waals surface area contributed by atoms with Crippen LogP contribution in [-0.4, -0.2) is 59.3 Å². The normalized spacial score (nSPS) is 12.9. The Morgan fingerprint density at radius 3 is 1.87 bits per heavy atom. The van der Waals surface area contributed by atoms with Crippen molar-refractivity contribution in [1.82, 2.24) is 10.6 Å². The predicted molar refractivity (Wildman–Crippen MR) is 185 cm³/mol. The van der Waals surface area contributed by atoms with Gasteiger partial charge in [-0.3, -0.25) is 14.4 Å². The summed E-state index contributed by atoms with van der Waals surface area (Å²) in [5.74, 6) is -2.37. The number of aliphatic hydroxyl groups is 1. The van der Waals surface area contributed by atoms with Crippen molar-refractivity contribution in [2.24, 2.45) is 0 Å². The van der Waals surface area contributed by atoms with Gasteiger partial charge in [-0.2, -0.15) is 0 Å². The minimum absolute atomic E-state index is 0.0471. The molecule has 0 aromatic heterocycles. The number of rotatable bonds is 31. The van der Waals surface area contributed by atoms with Crippen LogP contribution in [0.4, 0.5) is 0 Å². The predicted octanol–water partition coefficient (Wildman–Crippen LogP) is 7.48. The van der Waals surface area contributed by atoms with Crippen LogP contribution < -0.4 is 10.6 Å². The second-order valence-corrected chi connectivity index (χ2v) is 11.9. The van der Waals surface area contributed by atoms with Gasteiger partial charge in [0, 0.05) is 12.8 Å². The number of hydrogen-bond donors (Lipinski definition) is 4. The molecule has 0 radical (unpaired) electrons. The number of aliphatic hydroxyl groups excluding tert-OH is 1. The van der Waals surface area contributed by atoms with Gasteiger partial charge >= 0.3 is 11.9 Å². The monoisotopic (exact) mass is 648 g/mol. The van der Waals surface area contributed by atoms with Crippen molar-refractivity contribution in [3.8, 4) is 0 Å². The van der Waals surface area contributed by atoms with Gasteiger partial charge in [0.2, 0.25) is 11.8 Å². The molecule has 0 saturated carbocycles. The lowest BCUT2D eigenvalue weighted by Gasteiger charge is -2.18. The molecule has 9 heteroatoms. The molecule has 0 aromatic carbocycles. The molecule has 0 rings (SSSR count). The fraction of sp³-hybridized carbons (Fsp3) is 0.730. The molecule has 2 amide bonds. The van der Waals surface area contributed by atoms with Gasteiger partial charge in [-0.25, -0.2) is 4.79 Å². The average Bonchev–Trinajstić information content (AvgIpc) is 3.03. The number of unbranched alkanes of at least 4 members (excludes halogenated alkanes) is 11. The lowest BCUT2D eigenvalue weighted by molar-refractivity contribution is -0.150. The minimum Gasteiger partial charge on any atom is -0.480 e. The number of hydrogen-bond acceptors (Lipinski definition) is 6. The van der Waals surface area contributed by atoms with Gasteiger partial charge in [0.1, 0.15) is 12.1 Å². The number of carbonyl (C=O) groups excluding carboxylic acids is 3. The maximum atomic E-state index is 12.6. The Bertz CT molecular complexity index is 885. The summed E-state index contributed by atoms with van der Waals surface area (Å²) in [6.45, 7) is 3.28. The second kappa shape index (κ2) is 32.0. The minimum atomic E-state index is -1.39. The first-order valence-electron chi connectivity index (χ1n) is 17.9. The Morgan fingerprint density at radius 2 is 1.24 bits per heavy atom. The van der Waals surface area contributed by atoms with Crippen LogP contribution >= 0.6 is 0 Å². The fourth-order valence-corrected chi connectivity index (χ4v) is 4.90. The summed E-state index contributed by atoms with van der Waals surface area (Å²) < 4.78 is 5.89. The van der Waals surface area contributed by atoms with Crippen LogP contribution in [0.5, 0.6) is 0 Å². The van der Waals surface area contributed by atoms with Gasteiger partial charge < -0.3 is 25.6 Å². The number of ether oxygens (including phenoxy) is 1. The van der Waals surface area contributed by atoms with Crippen LogP contribution in [-0.2, 0) is 23.9 Å². The molecule has 0 saturated heterocycles. The summed E-state index contributed by atoms with van der Waals surface area (Å²) >= 11 is 0. The van der Waals surface area contributed by atoms with E-state index in [0.717, 1.165) is 89.9 Å². The third-order valence-electron chi connectivity index (χ3n) is 7.65. The first-order chi connectivity index (χ1) is 22.3. The molecule has 0 aliphatic heterocycles. The second-order valence-electron chi connectivity index (χ2n) is 11.9. The Kier molecular flexibility index (Phi) is 30.0. The van der Waals surface area contributed by atoms with E-state index in [1.165, 1.54) is 25.7 Å². The Morgan fingerprint density at radius 1 is 0.674 bits per heavy atom. The first-order valence-corrected chi connectivity index (χ1v) is 17.9. The Hall–Kier alpha value is -2.94. The summed E-state index contributed by atoms with van der Waals surface area (Å²) in [5, 5.41) is 22.4. The molecular weight excluding hydrogens is 584 g/mol. The van der Waals surface area contributed by atoms with Gasteiger partial charge in [-0.1, -0.05) is 102 Å². The molecule has 0 fully saturated rings. The number of allylic oxidation sites excluding steroid dienone is 6. The zero-order chi connectivity index (χ0) is 34.1. The quantitative estimate of drug-likeness (QED) is 0.0347. The van der Waals surface area contributed by atoms with E-state index >= 15 is 0 Å². The summed E-state index contributed by atoms with van der Waals surface area (Å²) in [7, 11) is 0. The molecule has 2 atom stereocenters. The van der Waals surface area contributed by atoms with Gasteiger partial charge in [0.05, 0.1) is 13.2 Å². The molecule has 264 valence electrons. The summed E-state index contributed by atoms with van der Waals surface area (Å²) in [6, 6.07) is -1.39. The van der Waals surface area contributed by atoms with Crippen molar-refractivity contribution < 1.29 is 34.1 Å². The van der Waals surface area contributed by atoms with Crippen molar-refractivity contribution in [2.75, 3.05) is 13.2 Å². The summed E-state index contributed by atoms with van der Waals surface area (Å²) in [6.07, 6.45) is 33.4. The first kappa shape index (κ1) is 43.1. The van der Waals surface area contributed by atoms with Crippen LogP contribution in [0.25, 0.3) is 0 Å². The zero-order valence-corrected chi connectivity index (χ0v) is 28.8. The highest BCUT2D eigenvalue weighted by atomic mass is 16.5. The number of carbonyl (C=O) groups is 4. The van der Waals surface area contributed by atoms with Crippen LogP contribution in [0.1, 0.15) is 149 Å². The van der Waals surface area contributed by atoms with Crippen molar-refractivity contribution >= 4 is 23.8 Å². The van der Waals surface area contributed by atoms with E-state index in [1.54, 1.807) is 0 Å². The van der Waals surface area contributed by atoms with Crippen molar-refractivity contribution in [3.05, 3.63) is 36.5 Å². The number of nitrogens with one attached hydrogen (secondary N) is 2. The molecule has 0 spiro atoms. The van der Waals surface area contributed by atoms with Crippen LogP contribution in [0, 0.1) is 0 Å². The molecule has 46 heavy (non-hydrogen) atoms. The Balaban J connectivity index is 4.09. The van der Waals surface area contributed by atoms with Crippen LogP contribution in [0.3, 0.4) is 0 Å². The number of carboxylic acids is 1. The van der Waals surface area contributed by atoms with Crippen molar-refractivity contribution in [3.63, 3.8) is 0 Å². The van der Waals surface area contributed by atoms with Crippen LogP contribution in [0.2, 0.25) is 0 Å². The fourth-order valence-electron chi connectivity index (χ4n) is 4.90. The van der Waals surface area contributed by atoms with E-state index in [1.807, 2.05) is 0 Å². The maximum Gasteiger partial charge on any atom is 0.328 e. The van der Waals surface area contributed by atoms with E-state index in [-0.39, 0.29) is 30.9 Å². The molecule has 0 aliphatic rings. The zero-order valence-electron chi connectivity index (χ0n) is 28.8. The largest absolute Gasteiger partial charge is 0.480 e. The molecule has 0 aromatic rings. The number of amides is 2. The molecule has 2 unspecified atom stereocenters. The maximum absolute atomic E-state index is 12.6. The highest BCUT2D eigenvalue weighted by molar-refractivity contribution is 5.87. The van der Waals surface area contributed by atoms with Gasteiger partial charge in [0.15, 0.2) is 0 Å². The lowest BCUT2D eigenvalue weighted by Crippen LogP contribution is -2.47. The summed E-state index contributed by atoms with van der Waals surface area (Å²) in [4.78, 5) is 47.1. The molecule has 0 aliphatic carbocycles. The van der Waals surface area contributed by atoms with Gasteiger partial charge in [0.25, 0.3) is 0 Å². The smallest absolute Gasteiger partial charge is 0.328 e. The van der Waals surface area contributed by atoms with Crippen molar-refractivity contribution in [1.29, 1.82) is 0 Å². The van der Waals surface area contributed by atoms with Crippen molar-refractivity contribution in [2.45, 2.75) is 161 Å². The summed E-state index contributed by atoms with van der Waals surface area (Å²) in [5.41, 5.74) is 0. The SMILES string of the molecule is CC/C=C\C/C=C\C/C=C\CCCCCCCC(=O)OC(CCCCCC)CCCCCCC(=O)NCC(=O)NC(CO)C(=O)O. The molecule has 0 heterocycles. The van der Waals surface area contributed by atoms with E-state index in [9.17, 15) is 19.2 Å². The molecule has 9 nitrogen and oxygen atoms in total. The van der Waals surface area contributed by atoms with Gasteiger partial charge in [-0.05, 0) is 70.6 Å². The third kappa shape index (κ3) is 28.5. The average molecular weight is 649 g/mol. The van der Waals surface area contributed by atoms with Gasteiger partial charge in [-0.15, -0.1) is 0 Å². The lowest BCUT2D eigenvalue weighted by atomic mass is 10.0. The number of esters is 1.